The lowest BCUT2D eigenvalue weighted by molar-refractivity contribution is -0.162. The van der Waals surface area contributed by atoms with E-state index in [1.807, 2.05) is 0 Å². The Bertz CT molecular complexity index is 504. The highest BCUT2D eigenvalue weighted by molar-refractivity contribution is 5.78. The van der Waals surface area contributed by atoms with Gasteiger partial charge in [0.15, 0.2) is 0 Å². The third kappa shape index (κ3) is 9.83. The molecule has 0 aromatic rings. The predicted molar refractivity (Wildman–Crippen MR) is 96.3 cm³/mol. The molecule has 0 bridgehead atoms. The molecule has 0 unspecified atom stereocenters. The third-order valence-electron chi connectivity index (χ3n) is 3.91. The summed E-state index contributed by atoms with van der Waals surface area (Å²) >= 11 is 0. The zero-order valence-corrected chi connectivity index (χ0v) is 16.9. The van der Waals surface area contributed by atoms with Gasteiger partial charge in [0.25, 0.3) is 0 Å². The molecule has 1 heterocycles. The van der Waals surface area contributed by atoms with Crippen LogP contribution in [0, 0.1) is 5.92 Å². The van der Waals surface area contributed by atoms with Gasteiger partial charge in [0.2, 0.25) is 5.91 Å². The fourth-order valence-electron chi connectivity index (χ4n) is 2.84. The van der Waals surface area contributed by atoms with E-state index >= 15 is 0 Å². The summed E-state index contributed by atoms with van der Waals surface area (Å²) in [5.41, 5.74) is -0.589. The van der Waals surface area contributed by atoms with Crippen molar-refractivity contribution in [2.24, 2.45) is 5.92 Å². The average Bonchev–Trinajstić information content (AvgIpc) is 2.68. The SMILES string of the molecule is CC(C)CN(CC(F)(F)F)C(=O)CN1CCCN(C(=O)OC(C)(C)C)CC1. The number of carbonyl (C=O) groups excluding carboxylic acids is 2. The zero-order chi connectivity index (χ0) is 20.8. The molecule has 0 aromatic heterocycles. The lowest BCUT2D eigenvalue weighted by Gasteiger charge is -2.29. The molecular formula is C18H32F3N3O3. The van der Waals surface area contributed by atoms with Crippen LogP contribution in [0.25, 0.3) is 0 Å². The quantitative estimate of drug-likeness (QED) is 0.718. The van der Waals surface area contributed by atoms with Gasteiger partial charge in [-0.1, -0.05) is 13.8 Å². The van der Waals surface area contributed by atoms with Crippen molar-refractivity contribution in [3.05, 3.63) is 0 Å². The van der Waals surface area contributed by atoms with Crippen LogP contribution in [0.4, 0.5) is 18.0 Å². The van der Waals surface area contributed by atoms with Crippen LogP contribution >= 0.6 is 0 Å². The molecule has 2 amide bonds. The maximum absolute atomic E-state index is 12.8. The van der Waals surface area contributed by atoms with E-state index in [2.05, 4.69) is 0 Å². The van der Waals surface area contributed by atoms with Crippen LogP contribution in [-0.4, -0.2) is 84.3 Å². The first kappa shape index (κ1) is 23.5. The standard InChI is InChI=1S/C18H32F3N3O3/c1-14(2)11-24(13-18(19,20)21)15(25)12-22-7-6-8-23(10-9-22)16(26)27-17(3,4)5/h14H,6-13H2,1-5H3. The molecule has 0 saturated carbocycles. The second kappa shape index (κ2) is 9.61. The second-order valence-electron chi connectivity index (χ2n) is 8.38. The zero-order valence-electron chi connectivity index (χ0n) is 16.9. The largest absolute Gasteiger partial charge is 0.444 e. The minimum absolute atomic E-state index is 0.0527. The molecule has 1 aliphatic rings. The number of alkyl halides is 3. The molecule has 9 heteroatoms. The van der Waals surface area contributed by atoms with Crippen LogP contribution in [-0.2, 0) is 9.53 Å². The van der Waals surface area contributed by atoms with E-state index in [0.717, 1.165) is 4.90 Å². The molecule has 1 fully saturated rings. The van der Waals surface area contributed by atoms with E-state index in [0.29, 0.717) is 32.6 Å². The molecule has 0 spiro atoms. The van der Waals surface area contributed by atoms with Crippen molar-refractivity contribution < 1.29 is 27.5 Å². The molecule has 0 N–H and O–H groups in total. The summed E-state index contributed by atoms with van der Waals surface area (Å²) in [5, 5.41) is 0. The number of hydrogen-bond donors (Lipinski definition) is 0. The lowest BCUT2D eigenvalue weighted by Crippen LogP contribution is -2.46. The molecule has 6 nitrogen and oxygen atoms in total. The fourth-order valence-corrected chi connectivity index (χ4v) is 2.84. The summed E-state index contributed by atoms with van der Waals surface area (Å²) in [4.78, 5) is 28.8. The number of nitrogens with zero attached hydrogens (tertiary/aromatic N) is 3. The van der Waals surface area contributed by atoms with Gasteiger partial charge in [-0.3, -0.25) is 9.69 Å². The minimum atomic E-state index is -4.42. The first-order valence-corrected chi connectivity index (χ1v) is 9.31. The topological polar surface area (TPSA) is 53.1 Å². The van der Waals surface area contributed by atoms with Gasteiger partial charge >= 0.3 is 12.3 Å². The van der Waals surface area contributed by atoms with Crippen molar-refractivity contribution in [3.63, 3.8) is 0 Å². The highest BCUT2D eigenvalue weighted by Gasteiger charge is 2.34. The van der Waals surface area contributed by atoms with E-state index in [9.17, 15) is 22.8 Å². The molecule has 0 atom stereocenters. The van der Waals surface area contributed by atoms with Gasteiger partial charge in [-0.25, -0.2) is 4.79 Å². The lowest BCUT2D eigenvalue weighted by atomic mass is 10.2. The maximum atomic E-state index is 12.8. The van der Waals surface area contributed by atoms with Crippen LogP contribution in [0.3, 0.4) is 0 Å². The number of rotatable bonds is 5. The van der Waals surface area contributed by atoms with E-state index in [1.165, 1.54) is 0 Å². The number of hydrogen-bond acceptors (Lipinski definition) is 4. The summed E-state index contributed by atoms with van der Waals surface area (Å²) in [6.45, 7) is 9.53. The molecule has 0 radical (unpaired) electrons. The Balaban J connectivity index is 2.62. The first-order valence-electron chi connectivity index (χ1n) is 9.31. The Hall–Kier alpha value is -1.51. The van der Waals surface area contributed by atoms with Crippen LogP contribution in [0.2, 0.25) is 0 Å². The van der Waals surface area contributed by atoms with Crippen molar-refractivity contribution >= 4 is 12.0 Å². The molecule has 158 valence electrons. The average molecular weight is 395 g/mol. The van der Waals surface area contributed by atoms with Gasteiger partial charge in [-0.2, -0.15) is 13.2 Å². The minimum Gasteiger partial charge on any atom is -0.444 e. The van der Waals surface area contributed by atoms with Crippen molar-refractivity contribution in [1.82, 2.24) is 14.7 Å². The highest BCUT2D eigenvalue weighted by atomic mass is 19.4. The summed E-state index contributed by atoms with van der Waals surface area (Å²) < 4.78 is 43.7. The van der Waals surface area contributed by atoms with Crippen LogP contribution in [0.15, 0.2) is 0 Å². The molecule has 1 saturated heterocycles. The Morgan fingerprint density at radius 2 is 1.70 bits per heavy atom. The van der Waals surface area contributed by atoms with Gasteiger partial charge in [0, 0.05) is 32.7 Å². The summed E-state index contributed by atoms with van der Waals surface area (Å²) in [7, 11) is 0. The molecule has 0 aromatic carbocycles. The molecule has 0 aliphatic carbocycles. The number of halogens is 3. The third-order valence-corrected chi connectivity index (χ3v) is 3.91. The summed E-state index contributed by atoms with van der Waals surface area (Å²) in [6, 6.07) is 0. The molecule has 1 rings (SSSR count). The van der Waals surface area contributed by atoms with Crippen LogP contribution in [0.1, 0.15) is 41.0 Å². The number of amides is 2. The van der Waals surface area contributed by atoms with E-state index in [4.69, 9.17) is 4.74 Å². The van der Waals surface area contributed by atoms with Crippen molar-refractivity contribution in [2.75, 3.05) is 45.8 Å². The van der Waals surface area contributed by atoms with Crippen LogP contribution in [0.5, 0.6) is 0 Å². The smallest absolute Gasteiger partial charge is 0.410 e. The Morgan fingerprint density at radius 3 is 2.22 bits per heavy atom. The number of carbonyl (C=O) groups is 2. The Kier molecular flexibility index (Phi) is 8.38. The van der Waals surface area contributed by atoms with Gasteiger partial charge in [0.1, 0.15) is 12.1 Å². The van der Waals surface area contributed by atoms with E-state index in [-0.39, 0.29) is 19.0 Å². The molecule has 27 heavy (non-hydrogen) atoms. The molecular weight excluding hydrogens is 363 g/mol. The van der Waals surface area contributed by atoms with Gasteiger partial charge in [0.05, 0.1) is 6.54 Å². The second-order valence-corrected chi connectivity index (χ2v) is 8.38. The fraction of sp³-hybridized carbons (Fsp3) is 0.889. The monoisotopic (exact) mass is 395 g/mol. The van der Waals surface area contributed by atoms with E-state index < -0.39 is 30.3 Å². The Morgan fingerprint density at radius 1 is 1.07 bits per heavy atom. The van der Waals surface area contributed by atoms with Crippen LogP contribution < -0.4 is 0 Å². The normalized spacial score (nSPS) is 17.0. The first-order chi connectivity index (χ1) is 12.3. The van der Waals surface area contributed by atoms with Crippen molar-refractivity contribution in [1.29, 1.82) is 0 Å². The van der Waals surface area contributed by atoms with Crippen molar-refractivity contribution in [3.8, 4) is 0 Å². The van der Waals surface area contributed by atoms with Crippen molar-refractivity contribution in [2.45, 2.75) is 52.8 Å². The van der Waals surface area contributed by atoms with Gasteiger partial charge in [-0.05, 0) is 33.1 Å². The predicted octanol–water partition coefficient (Wildman–Crippen LogP) is 2.98. The van der Waals surface area contributed by atoms with Gasteiger partial charge in [-0.15, -0.1) is 0 Å². The molecule has 1 aliphatic heterocycles. The maximum Gasteiger partial charge on any atom is 0.410 e. The van der Waals surface area contributed by atoms with E-state index in [1.54, 1.807) is 44.4 Å². The Labute approximate surface area is 159 Å². The highest BCUT2D eigenvalue weighted by Crippen LogP contribution is 2.18. The summed E-state index contributed by atoms with van der Waals surface area (Å²) in [6.07, 6.45) is -4.19. The summed E-state index contributed by atoms with van der Waals surface area (Å²) in [5.74, 6) is -0.588. The van der Waals surface area contributed by atoms with Gasteiger partial charge < -0.3 is 14.5 Å². The number of ether oxygens (including phenoxy) is 1.